The fourth-order valence-corrected chi connectivity index (χ4v) is 2.63. The fourth-order valence-electron chi connectivity index (χ4n) is 2.63. The van der Waals surface area contributed by atoms with Crippen molar-refractivity contribution in [2.45, 2.75) is 6.42 Å². The molecule has 2 N–H and O–H groups in total. The molecule has 1 aromatic carbocycles. The second kappa shape index (κ2) is 5.54. The molecular formula is C15H20N4O. The number of anilines is 1. The molecule has 2 aromatic rings. The van der Waals surface area contributed by atoms with Gasteiger partial charge in [0.05, 0.1) is 17.6 Å². The molecule has 0 atom stereocenters. The maximum absolute atomic E-state index is 9.36. The molecule has 0 unspecified atom stereocenters. The molecule has 1 aliphatic rings. The number of phenols is 1. The van der Waals surface area contributed by atoms with Crippen molar-refractivity contribution in [3.05, 3.63) is 41.7 Å². The summed E-state index contributed by atoms with van der Waals surface area (Å²) in [6.07, 6.45) is 2.79. The quantitative estimate of drug-likeness (QED) is 0.879. The van der Waals surface area contributed by atoms with E-state index in [9.17, 15) is 5.11 Å². The minimum atomic E-state index is 0.307. The Morgan fingerprint density at radius 1 is 1.20 bits per heavy atom. The highest BCUT2D eigenvalue weighted by Gasteiger charge is 2.17. The van der Waals surface area contributed by atoms with Crippen molar-refractivity contribution in [1.29, 1.82) is 0 Å². The Labute approximate surface area is 118 Å². The number of aryl methyl sites for hydroxylation is 1. The van der Waals surface area contributed by atoms with Gasteiger partial charge in [-0.2, -0.15) is 5.10 Å². The van der Waals surface area contributed by atoms with Crippen molar-refractivity contribution >= 4 is 5.69 Å². The van der Waals surface area contributed by atoms with Crippen LogP contribution in [-0.4, -0.2) is 41.1 Å². The zero-order valence-electron chi connectivity index (χ0n) is 11.7. The van der Waals surface area contributed by atoms with Crippen LogP contribution < -0.4 is 10.2 Å². The van der Waals surface area contributed by atoms with Gasteiger partial charge in [0, 0.05) is 39.6 Å². The van der Waals surface area contributed by atoms with E-state index in [-0.39, 0.29) is 0 Å². The number of nitrogens with one attached hydrogen (secondary N) is 1. The second-order valence-corrected chi connectivity index (χ2v) is 5.18. The van der Waals surface area contributed by atoms with E-state index in [4.69, 9.17) is 0 Å². The third-order valence-electron chi connectivity index (χ3n) is 3.81. The third kappa shape index (κ3) is 2.63. The van der Waals surface area contributed by atoms with Gasteiger partial charge in [0.25, 0.3) is 0 Å². The van der Waals surface area contributed by atoms with Crippen molar-refractivity contribution in [2.24, 2.45) is 7.05 Å². The van der Waals surface area contributed by atoms with Crippen molar-refractivity contribution in [3.63, 3.8) is 0 Å². The molecule has 20 heavy (non-hydrogen) atoms. The van der Waals surface area contributed by atoms with Gasteiger partial charge in [0.1, 0.15) is 5.75 Å². The van der Waals surface area contributed by atoms with Crippen LogP contribution in [0, 0.1) is 0 Å². The molecule has 0 aliphatic carbocycles. The van der Waals surface area contributed by atoms with Gasteiger partial charge in [-0.15, -0.1) is 0 Å². The number of aromatic hydroxyl groups is 1. The highest BCUT2D eigenvalue weighted by atomic mass is 16.3. The van der Waals surface area contributed by atoms with Crippen LogP contribution in [0.25, 0.3) is 0 Å². The molecule has 1 saturated heterocycles. The molecule has 5 nitrogen and oxygen atoms in total. The summed E-state index contributed by atoms with van der Waals surface area (Å²) in [5.41, 5.74) is 3.63. The molecule has 0 saturated carbocycles. The highest BCUT2D eigenvalue weighted by molar-refractivity contribution is 5.52. The van der Waals surface area contributed by atoms with Gasteiger partial charge in [0.2, 0.25) is 0 Å². The van der Waals surface area contributed by atoms with Gasteiger partial charge in [-0.1, -0.05) is 12.1 Å². The largest absolute Gasteiger partial charge is 0.508 e. The van der Waals surface area contributed by atoms with Gasteiger partial charge in [-0.25, -0.2) is 0 Å². The molecule has 1 aliphatic heterocycles. The summed E-state index contributed by atoms with van der Waals surface area (Å²) in [4.78, 5) is 2.39. The molecule has 5 heteroatoms. The van der Waals surface area contributed by atoms with Gasteiger partial charge < -0.3 is 15.3 Å². The van der Waals surface area contributed by atoms with Crippen LogP contribution in [0.3, 0.4) is 0 Å². The number of aromatic nitrogens is 2. The topological polar surface area (TPSA) is 53.3 Å². The second-order valence-electron chi connectivity index (χ2n) is 5.18. The molecule has 3 rings (SSSR count). The van der Waals surface area contributed by atoms with Crippen LogP contribution in [0.5, 0.6) is 5.75 Å². The van der Waals surface area contributed by atoms with Crippen LogP contribution in [0.1, 0.15) is 11.3 Å². The molecule has 2 heterocycles. The van der Waals surface area contributed by atoms with Crippen molar-refractivity contribution in [1.82, 2.24) is 15.1 Å². The van der Waals surface area contributed by atoms with Crippen molar-refractivity contribution in [2.75, 3.05) is 31.1 Å². The molecule has 0 spiro atoms. The molecular weight excluding hydrogens is 252 g/mol. The van der Waals surface area contributed by atoms with Gasteiger partial charge in [0.15, 0.2) is 0 Å². The number of nitrogens with zero attached hydrogens (tertiary/aromatic N) is 3. The number of rotatable bonds is 3. The number of hydrogen-bond donors (Lipinski definition) is 2. The Balaban J connectivity index is 1.84. The minimum Gasteiger partial charge on any atom is -0.508 e. The van der Waals surface area contributed by atoms with Crippen LogP contribution in [-0.2, 0) is 13.5 Å². The van der Waals surface area contributed by atoms with Crippen molar-refractivity contribution in [3.8, 4) is 5.75 Å². The zero-order valence-corrected chi connectivity index (χ0v) is 11.7. The lowest BCUT2D eigenvalue weighted by atomic mass is 10.1. The number of benzene rings is 1. The predicted octanol–water partition coefficient (Wildman–Crippen LogP) is 1.13. The minimum absolute atomic E-state index is 0.307. The first-order chi connectivity index (χ1) is 9.74. The maximum atomic E-state index is 9.36. The van der Waals surface area contributed by atoms with E-state index in [0.717, 1.165) is 32.6 Å². The number of piperazine rings is 1. The van der Waals surface area contributed by atoms with Gasteiger partial charge >= 0.3 is 0 Å². The summed E-state index contributed by atoms with van der Waals surface area (Å²) in [7, 11) is 1.99. The standard InChI is InChI=1S/C15H20N4O/c1-18-14(10-12-2-4-13(20)5-3-12)15(11-17-18)19-8-6-16-7-9-19/h2-5,11,16,20H,6-10H2,1H3. The average molecular weight is 272 g/mol. The van der Waals surface area contributed by atoms with E-state index in [0.29, 0.717) is 5.75 Å². The van der Waals surface area contributed by atoms with Crippen molar-refractivity contribution < 1.29 is 5.11 Å². The highest BCUT2D eigenvalue weighted by Crippen LogP contribution is 2.23. The van der Waals surface area contributed by atoms with E-state index >= 15 is 0 Å². The van der Waals surface area contributed by atoms with E-state index < -0.39 is 0 Å². The lowest BCUT2D eigenvalue weighted by Crippen LogP contribution is -2.43. The van der Waals surface area contributed by atoms with Crippen LogP contribution in [0.15, 0.2) is 30.5 Å². The van der Waals surface area contributed by atoms with E-state index in [1.165, 1.54) is 16.9 Å². The first kappa shape index (κ1) is 13.0. The molecule has 0 radical (unpaired) electrons. The molecule has 1 aromatic heterocycles. The first-order valence-electron chi connectivity index (χ1n) is 6.98. The Morgan fingerprint density at radius 2 is 1.90 bits per heavy atom. The summed E-state index contributed by atoms with van der Waals surface area (Å²) < 4.78 is 1.95. The zero-order chi connectivity index (χ0) is 13.9. The molecule has 1 fully saturated rings. The Bertz CT molecular complexity index is 570. The SMILES string of the molecule is Cn1ncc(N2CCNCC2)c1Cc1ccc(O)cc1. The Morgan fingerprint density at radius 3 is 2.60 bits per heavy atom. The monoisotopic (exact) mass is 272 g/mol. The van der Waals surface area contributed by atoms with E-state index in [1.54, 1.807) is 12.1 Å². The number of phenolic OH excluding ortho intramolecular Hbond substituents is 1. The van der Waals surface area contributed by atoms with Crippen LogP contribution in [0.2, 0.25) is 0 Å². The average Bonchev–Trinajstić information content (AvgIpc) is 2.84. The van der Waals surface area contributed by atoms with Gasteiger partial charge in [-0.3, -0.25) is 4.68 Å². The molecule has 106 valence electrons. The first-order valence-corrected chi connectivity index (χ1v) is 6.98. The van der Waals surface area contributed by atoms with Gasteiger partial charge in [-0.05, 0) is 17.7 Å². The fraction of sp³-hybridized carbons (Fsp3) is 0.400. The smallest absolute Gasteiger partial charge is 0.115 e. The van der Waals surface area contributed by atoms with Crippen LogP contribution >= 0.6 is 0 Å². The summed E-state index contributed by atoms with van der Waals surface area (Å²) in [5, 5.41) is 17.1. The molecule has 0 bridgehead atoms. The van der Waals surface area contributed by atoms with E-state index in [1.807, 2.05) is 30.1 Å². The molecule has 0 amide bonds. The summed E-state index contributed by atoms with van der Waals surface area (Å²) >= 11 is 0. The summed E-state index contributed by atoms with van der Waals surface area (Å²) in [6, 6.07) is 7.39. The third-order valence-corrected chi connectivity index (χ3v) is 3.81. The summed E-state index contributed by atoms with van der Waals surface area (Å²) in [6.45, 7) is 4.09. The van der Waals surface area contributed by atoms with E-state index in [2.05, 4.69) is 15.3 Å². The lowest BCUT2D eigenvalue weighted by molar-refractivity contribution is 0.475. The van der Waals surface area contributed by atoms with Crippen LogP contribution in [0.4, 0.5) is 5.69 Å². The maximum Gasteiger partial charge on any atom is 0.115 e. The predicted molar refractivity (Wildman–Crippen MR) is 79.2 cm³/mol. The summed E-state index contributed by atoms with van der Waals surface area (Å²) in [5.74, 6) is 0.307. The Kier molecular flexibility index (Phi) is 3.60. The lowest BCUT2D eigenvalue weighted by Gasteiger charge is -2.29. The Hall–Kier alpha value is -2.01. The normalized spacial score (nSPS) is 15.6. The number of hydrogen-bond acceptors (Lipinski definition) is 4.